The van der Waals surface area contributed by atoms with E-state index in [9.17, 15) is 4.79 Å². The summed E-state index contributed by atoms with van der Waals surface area (Å²) in [7, 11) is 0. The van der Waals surface area contributed by atoms with E-state index in [2.05, 4.69) is 15.9 Å². The van der Waals surface area contributed by atoms with Gasteiger partial charge in [-0.3, -0.25) is 4.79 Å². The lowest BCUT2D eigenvalue weighted by molar-refractivity contribution is 0.101. The lowest BCUT2D eigenvalue weighted by atomic mass is 10.2. The van der Waals surface area contributed by atoms with Crippen LogP contribution in [-0.2, 0) is 0 Å². The van der Waals surface area contributed by atoms with Crippen LogP contribution in [0.4, 0.5) is 0 Å². The zero-order valence-electron chi connectivity index (χ0n) is 6.49. The maximum atomic E-state index is 11.7. The van der Waals surface area contributed by atoms with Crippen molar-refractivity contribution in [3.05, 3.63) is 45.0 Å². The molecule has 0 aliphatic heterocycles. The van der Waals surface area contributed by atoms with Crippen LogP contribution in [0.3, 0.4) is 0 Å². The molecule has 0 amide bonds. The van der Waals surface area contributed by atoms with Crippen molar-refractivity contribution in [3.8, 4) is 0 Å². The van der Waals surface area contributed by atoms with Gasteiger partial charge >= 0.3 is 0 Å². The zero-order chi connectivity index (χ0) is 9.26. The Morgan fingerprint density at radius 2 is 2.31 bits per heavy atom. The zero-order valence-corrected chi connectivity index (χ0v) is 8.89. The fourth-order valence-corrected chi connectivity index (χ4v) is 2.00. The van der Waals surface area contributed by atoms with E-state index in [0.29, 0.717) is 15.8 Å². The van der Waals surface area contributed by atoms with Crippen molar-refractivity contribution in [1.82, 2.24) is 0 Å². The van der Waals surface area contributed by atoms with Crippen molar-refractivity contribution in [2.24, 2.45) is 0 Å². The van der Waals surface area contributed by atoms with Gasteiger partial charge in [0.05, 0.1) is 10.7 Å². The van der Waals surface area contributed by atoms with E-state index in [1.54, 1.807) is 17.5 Å². The molecule has 2 rings (SSSR count). The Morgan fingerprint density at radius 1 is 1.46 bits per heavy atom. The number of furan rings is 1. The fraction of sp³-hybridized carbons (Fsp3) is 0. The summed E-state index contributed by atoms with van der Waals surface area (Å²) in [5, 5.41) is 3.67. The van der Waals surface area contributed by atoms with Gasteiger partial charge in [0.15, 0.2) is 5.76 Å². The Morgan fingerprint density at radius 3 is 2.85 bits per heavy atom. The molecule has 0 aromatic carbocycles. The maximum Gasteiger partial charge on any atom is 0.230 e. The third-order valence-electron chi connectivity index (χ3n) is 1.61. The van der Waals surface area contributed by atoms with Crippen molar-refractivity contribution in [3.63, 3.8) is 0 Å². The summed E-state index contributed by atoms with van der Waals surface area (Å²) in [6, 6.07) is 3.49. The summed E-state index contributed by atoms with van der Waals surface area (Å²) in [6.45, 7) is 0. The fourth-order valence-electron chi connectivity index (χ4n) is 0.981. The van der Waals surface area contributed by atoms with Gasteiger partial charge in [-0.05, 0) is 33.4 Å². The molecule has 0 saturated heterocycles. The van der Waals surface area contributed by atoms with Gasteiger partial charge in [-0.1, -0.05) is 0 Å². The van der Waals surface area contributed by atoms with E-state index in [4.69, 9.17) is 4.42 Å². The Kier molecular flexibility index (Phi) is 2.33. The minimum absolute atomic E-state index is 0.0851. The Hall–Kier alpha value is -0.870. The van der Waals surface area contributed by atoms with Crippen LogP contribution in [0.1, 0.15) is 16.1 Å². The molecule has 0 N–H and O–H groups in total. The third-order valence-corrected chi connectivity index (χ3v) is 2.91. The number of hydrogen-bond donors (Lipinski definition) is 0. The highest BCUT2D eigenvalue weighted by atomic mass is 79.9. The highest BCUT2D eigenvalue weighted by Crippen LogP contribution is 2.21. The number of hydrogen-bond acceptors (Lipinski definition) is 3. The summed E-state index contributed by atoms with van der Waals surface area (Å²) in [4.78, 5) is 11.7. The summed E-state index contributed by atoms with van der Waals surface area (Å²) in [5.74, 6) is 0.275. The van der Waals surface area contributed by atoms with Crippen LogP contribution in [0.5, 0.6) is 0 Å². The molecule has 0 saturated carbocycles. The molecule has 0 aliphatic rings. The molecule has 13 heavy (non-hydrogen) atoms. The molecule has 0 aliphatic carbocycles. The minimum atomic E-state index is -0.0851. The van der Waals surface area contributed by atoms with E-state index < -0.39 is 0 Å². The van der Waals surface area contributed by atoms with E-state index in [1.165, 1.54) is 17.6 Å². The van der Waals surface area contributed by atoms with Gasteiger partial charge in [0.1, 0.15) is 0 Å². The first-order valence-corrected chi connectivity index (χ1v) is 5.32. The summed E-state index contributed by atoms with van der Waals surface area (Å²) >= 11 is 4.73. The average molecular weight is 257 g/mol. The molecular formula is C9H5BrO2S. The standard InChI is InChI=1S/C9H5BrO2S/c10-7-1-3-12-9(7)8(11)6-2-4-13-5-6/h1-5H. The second-order valence-electron chi connectivity index (χ2n) is 2.44. The first kappa shape index (κ1) is 8.72. The molecule has 0 bridgehead atoms. The molecular weight excluding hydrogens is 252 g/mol. The number of carbonyl (C=O) groups excluding carboxylic acids is 1. The van der Waals surface area contributed by atoms with E-state index in [-0.39, 0.29) is 5.78 Å². The van der Waals surface area contributed by atoms with Gasteiger partial charge in [0, 0.05) is 10.9 Å². The molecule has 0 radical (unpaired) electrons. The lowest BCUT2D eigenvalue weighted by Crippen LogP contribution is -1.97. The molecule has 2 heterocycles. The molecule has 4 heteroatoms. The van der Waals surface area contributed by atoms with Crippen molar-refractivity contribution in [2.75, 3.05) is 0 Å². The maximum absolute atomic E-state index is 11.7. The van der Waals surface area contributed by atoms with Crippen molar-refractivity contribution < 1.29 is 9.21 Å². The molecule has 66 valence electrons. The summed E-state index contributed by atoms with van der Waals surface area (Å²) < 4.78 is 5.76. The number of halogens is 1. The second kappa shape index (κ2) is 3.47. The summed E-state index contributed by atoms with van der Waals surface area (Å²) in [6.07, 6.45) is 1.49. The Bertz CT molecular complexity index is 417. The average Bonchev–Trinajstić information content (AvgIpc) is 2.72. The molecule has 2 aromatic rings. The predicted molar refractivity (Wildman–Crippen MR) is 54.2 cm³/mol. The SMILES string of the molecule is O=C(c1ccsc1)c1occc1Br. The largest absolute Gasteiger partial charge is 0.460 e. The quantitative estimate of drug-likeness (QED) is 0.772. The Labute approximate surface area is 87.3 Å². The normalized spacial score (nSPS) is 10.2. The van der Waals surface area contributed by atoms with Crippen LogP contribution in [0, 0.1) is 0 Å². The van der Waals surface area contributed by atoms with Crippen LogP contribution in [0.2, 0.25) is 0 Å². The Balaban J connectivity index is 2.39. The van der Waals surface area contributed by atoms with Crippen molar-refractivity contribution >= 4 is 33.0 Å². The molecule has 0 spiro atoms. The molecule has 2 nitrogen and oxygen atoms in total. The molecule has 2 aromatic heterocycles. The van der Waals surface area contributed by atoms with Gasteiger partial charge in [-0.25, -0.2) is 0 Å². The minimum Gasteiger partial charge on any atom is -0.460 e. The number of thiophene rings is 1. The van der Waals surface area contributed by atoms with Crippen LogP contribution in [0.25, 0.3) is 0 Å². The van der Waals surface area contributed by atoms with Crippen molar-refractivity contribution in [1.29, 1.82) is 0 Å². The monoisotopic (exact) mass is 256 g/mol. The molecule has 0 unspecified atom stereocenters. The second-order valence-corrected chi connectivity index (χ2v) is 4.07. The van der Waals surface area contributed by atoms with Crippen LogP contribution in [-0.4, -0.2) is 5.78 Å². The van der Waals surface area contributed by atoms with E-state index in [1.807, 2.05) is 5.38 Å². The van der Waals surface area contributed by atoms with Gasteiger partial charge < -0.3 is 4.42 Å². The van der Waals surface area contributed by atoms with Crippen LogP contribution in [0.15, 0.2) is 38.0 Å². The van der Waals surface area contributed by atoms with Crippen LogP contribution >= 0.6 is 27.3 Å². The topological polar surface area (TPSA) is 30.2 Å². The first-order chi connectivity index (χ1) is 6.29. The number of ketones is 1. The predicted octanol–water partition coefficient (Wildman–Crippen LogP) is 3.33. The van der Waals surface area contributed by atoms with Crippen LogP contribution < -0.4 is 0 Å². The molecule has 0 atom stereocenters. The molecule has 0 fully saturated rings. The van der Waals surface area contributed by atoms with Crippen molar-refractivity contribution in [2.45, 2.75) is 0 Å². The third kappa shape index (κ3) is 1.59. The number of rotatable bonds is 2. The smallest absolute Gasteiger partial charge is 0.230 e. The highest BCUT2D eigenvalue weighted by Gasteiger charge is 2.15. The van der Waals surface area contributed by atoms with Gasteiger partial charge in [-0.2, -0.15) is 11.3 Å². The number of carbonyl (C=O) groups is 1. The van der Waals surface area contributed by atoms with Gasteiger partial charge in [0.2, 0.25) is 5.78 Å². The summed E-state index contributed by atoms with van der Waals surface area (Å²) in [5.41, 5.74) is 0.667. The van der Waals surface area contributed by atoms with Gasteiger partial charge in [-0.15, -0.1) is 0 Å². The first-order valence-electron chi connectivity index (χ1n) is 3.59. The van der Waals surface area contributed by atoms with E-state index in [0.717, 1.165) is 0 Å². The lowest BCUT2D eigenvalue weighted by Gasteiger charge is -1.92. The van der Waals surface area contributed by atoms with E-state index >= 15 is 0 Å². The van der Waals surface area contributed by atoms with Gasteiger partial charge in [0.25, 0.3) is 0 Å². The highest BCUT2D eigenvalue weighted by molar-refractivity contribution is 9.10.